The SMILES string of the molecule is CCc1ccccc1NC(=O)CCN1C(=S)N[C@H](c2ccccn2)[C@H]1c1cc(C)n(-c2ccc(N(CC)CC)cc2)c1C. The van der Waals surface area contributed by atoms with E-state index in [0.717, 1.165) is 53.5 Å². The van der Waals surface area contributed by atoms with E-state index >= 15 is 0 Å². The number of anilines is 2. The zero-order chi connectivity index (χ0) is 30.5. The molecule has 7 nitrogen and oxygen atoms in total. The fraction of sp³-hybridized carbons (Fsp3) is 0.343. The molecule has 0 saturated carbocycles. The highest BCUT2D eigenvalue weighted by Crippen LogP contribution is 2.41. The normalized spacial score (nSPS) is 16.3. The number of carbonyl (C=O) groups is 1. The minimum Gasteiger partial charge on any atom is -0.372 e. The van der Waals surface area contributed by atoms with E-state index in [1.54, 1.807) is 0 Å². The lowest BCUT2D eigenvalue weighted by molar-refractivity contribution is -0.116. The first-order valence-electron chi connectivity index (χ1n) is 15.3. The van der Waals surface area contributed by atoms with Gasteiger partial charge in [-0.05, 0) is 106 Å². The van der Waals surface area contributed by atoms with Crippen LogP contribution in [0.3, 0.4) is 0 Å². The van der Waals surface area contributed by atoms with Crippen LogP contribution in [0, 0.1) is 13.8 Å². The molecule has 2 aromatic heterocycles. The molecule has 0 spiro atoms. The topological polar surface area (TPSA) is 65.4 Å². The Hall–Kier alpha value is -4.17. The van der Waals surface area contributed by atoms with Crippen LogP contribution in [-0.2, 0) is 11.2 Å². The maximum atomic E-state index is 13.1. The lowest BCUT2D eigenvalue weighted by atomic mass is 9.96. The van der Waals surface area contributed by atoms with Crippen LogP contribution in [0.25, 0.3) is 5.69 Å². The first-order valence-corrected chi connectivity index (χ1v) is 15.7. The van der Waals surface area contributed by atoms with E-state index in [1.807, 2.05) is 42.6 Å². The molecule has 43 heavy (non-hydrogen) atoms. The summed E-state index contributed by atoms with van der Waals surface area (Å²) >= 11 is 5.90. The third-order valence-corrected chi connectivity index (χ3v) is 8.83. The molecular formula is C35H42N6OS. The van der Waals surface area contributed by atoms with Crippen molar-refractivity contribution in [2.45, 2.75) is 59.5 Å². The Bertz CT molecular complexity index is 1560. The van der Waals surface area contributed by atoms with E-state index in [9.17, 15) is 4.79 Å². The molecule has 1 aliphatic heterocycles. The summed E-state index contributed by atoms with van der Waals surface area (Å²) in [6.07, 6.45) is 2.99. The first kappa shape index (κ1) is 30.3. The smallest absolute Gasteiger partial charge is 0.226 e. The lowest BCUT2D eigenvalue weighted by Gasteiger charge is -2.28. The highest BCUT2D eigenvalue weighted by molar-refractivity contribution is 7.80. The van der Waals surface area contributed by atoms with Crippen molar-refractivity contribution in [1.82, 2.24) is 19.8 Å². The van der Waals surface area contributed by atoms with Gasteiger partial charge in [0.25, 0.3) is 0 Å². The monoisotopic (exact) mass is 594 g/mol. The van der Waals surface area contributed by atoms with Crippen LogP contribution in [0.5, 0.6) is 0 Å². The lowest BCUT2D eigenvalue weighted by Crippen LogP contribution is -2.33. The van der Waals surface area contributed by atoms with E-state index in [1.165, 1.54) is 11.3 Å². The summed E-state index contributed by atoms with van der Waals surface area (Å²) in [4.78, 5) is 22.4. The molecule has 1 amide bonds. The molecule has 1 aliphatic rings. The third-order valence-electron chi connectivity index (χ3n) is 8.48. The quantitative estimate of drug-likeness (QED) is 0.184. The van der Waals surface area contributed by atoms with E-state index < -0.39 is 0 Å². The predicted molar refractivity (Wildman–Crippen MR) is 180 cm³/mol. The number of benzene rings is 2. The van der Waals surface area contributed by atoms with Crippen LogP contribution in [0.4, 0.5) is 11.4 Å². The van der Waals surface area contributed by atoms with E-state index in [-0.39, 0.29) is 18.0 Å². The summed E-state index contributed by atoms with van der Waals surface area (Å²) in [6, 6.07) is 24.7. The number of nitrogens with zero attached hydrogens (tertiary/aromatic N) is 4. The Morgan fingerprint density at radius 3 is 2.40 bits per heavy atom. The number of nitrogens with one attached hydrogen (secondary N) is 2. The summed E-state index contributed by atoms with van der Waals surface area (Å²) in [7, 11) is 0. The van der Waals surface area contributed by atoms with Gasteiger partial charge in [-0.2, -0.15) is 0 Å². The summed E-state index contributed by atoms with van der Waals surface area (Å²) in [5.41, 5.74) is 8.74. The van der Waals surface area contributed by atoms with E-state index in [0.29, 0.717) is 18.1 Å². The third kappa shape index (κ3) is 6.30. The number of para-hydroxylation sites is 1. The van der Waals surface area contributed by atoms with Crippen molar-refractivity contribution in [2.24, 2.45) is 0 Å². The number of amides is 1. The highest BCUT2D eigenvalue weighted by atomic mass is 32.1. The second-order valence-corrected chi connectivity index (χ2v) is 11.4. The Balaban J connectivity index is 1.45. The van der Waals surface area contributed by atoms with Crippen LogP contribution in [-0.4, -0.2) is 45.1 Å². The Morgan fingerprint density at radius 1 is 1.00 bits per heavy atom. The summed E-state index contributed by atoms with van der Waals surface area (Å²) in [5, 5.41) is 7.29. The predicted octanol–water partition coefficient (Wildman–Crippen LogP) is 6.90. The minimum atomic E-state index is -0.142. The summed E-state index contributed by atoms with van der Waals surface area (Å²) in [5.74, 6) is -0.0255. The van der Waals surface area contributed by atoms with Crippen molar-refractivity contribution in [3.05, 3.63) is 107 Å². The fourth-order valence-corrected chi connectivity index (χ4v) is 6.59. The molecule has 1 saturated heterocycles. The molecule has 1 fully saturated rings. The van der Waals surface area contributed by atoms with Crippen LogP contribution in [0.15, 0.2) is 79.0 Å². The number of aromatic nitrogens is 2. The molecule has 0 radical (unpaired) electrons. The number of carbonyl (C=O) groups excluding carboxylic acids is 1. The number of thiocarbonyl (C=S) groups is 1. The fourth-order valence-electron chi connectivity index (χ4n) is 6.26. The molecule has 2 aromatic carbocycles. The van der Waals surface area contributed by atoms with Gasteiger partial charge in [0.2, 0.25) is 5.91 Å². The van der Waals surface area contributed by atoms with Gasteiger partial charge in [0, 0.05) is 60.7 Å². The van der Waals surface area contributed by atoms with Gasteiger partial charge in [-0.15, -0.1) is 0 Å². The minimum absolute atomic E-state index is 0.0255. The van der Waals surface area contributed by atoms with Crippen LogP contribution in [0.1, 0.15) is 67.5 Å². The van der Waals surface area contributed by atoms with Crippen LogP contribution < -0.4 is 15.5 Å². The van der Waals surface area contributed by atoms with E-state index in [4.69, 9.17) is 17.2 Å². The molecule has 2 N–H and O–H groups in total. The molecule has 224 valence electrons. The Labute approximate surface area is 260 Å². The van der Waals surface area contributed by atoms with Gasteiger partial charge in [0.15, 0.2) is 5.11 Å². The van der Waals surface area contributed by atoms with E-state index in [2.05, 4.69) is 96.0 Å². The second-order valence-electron chi connectivity index (χ2n) is 11.0. The molecule has 8 heteroatoms. The van der Waals surface area contributed by atoms with Gasteiger partial charge in [-0.3, -0.25) is 9.78 Å². The molecule has 2 atom stereocenters. The first-order chi connectivity index (χ1) is 20.9. The second kappa shape index (κ2) is 13.4. The van der Waals surface area contributed by atoms with Gasteiger partial charge < -0.3 is 25.0 Å². The van der Waals surface area contributed by atoms with Crippen molar-refractivity contribution < 1.29 is 4.79 Å². The van der Waals surface area contributed by atoms with Crippen molar-refractivity contribution in [3.8, 4) is 5.69 Å². The molecule has 4 aromatic rings. The molecule has 0 bridgehead atoms. The van der Waals surface area contributed by atoms with Crippen molar-refractivity contribution in [1.29, 1.82) is 0 Å². The maximum absolute atomic E-state index is 13.1. The molecule has 0 aliphatic carbocycles. The molecule has 5 rings (SSSR count). The van der Waals surface area contributed by atoms with Crippen molar-refractivity contribution in [3.63, 3.8) is 0 Å². The van der Waals surface area contributed by atoms with Crippen molar-refractivity contribution in [2.75, 3.05) is 29.9 Å². The standard InChI is InChI=1S/C35H42N6OS/c1-6-26-13-9-10-14-30(26)37-32(42)20-22-40-34(33(38-35(40)43)31-15-11-12-21-36-31)29-23-24(4)41(25(29)5)28-18-16-27(17-19-28)39(7-2)8-3/h9-19,21,23,33-34H,6-8,20,22H2,1-5H3,(H,37,42)(H,38,43)/t33-,34-/m1/s1. The number of rotatable bonds is 11. The zero-order valence-electron chi connectivity index (χ0n) is 25.8. The number of hydrogen-bond acceptors (Lipinski definition) is 4. The van der Waals surface area contributed by atoms with Crippen LogP contribution in [0.2, 0.25) is 0 Å². The number of pyridine rings is 1. The average Bonchev–Trinajstić information content (AvgIpc) is 3.51. The maximum Gasteiger partial charge on any atom is 0.226 e. The van der Waals surface area contributed by atoms with Gasteiger partial charge >= 0.3 is 0 Å². The summed E-state index contributed by atoms with van der Waals surface area (Å²) < 4.78 is 2.31. The molecular weight excluding hydrogens is 552 g/mol. The van der Waals surface area contributed by atoms with Crippen LogP contribution >= 0.6 is 12.2 Å². The Kier molecular flexibility index (Phi) is 9.46. The van der Waals surface area contributed by atoms with Gasteiger partial charge in [0.1, 0.15) is 0 Å². The molecule has 3 heterocycles. The van der Waals surface area contributed by atoms with Gasteiger partial charge in [-0.1, -0.05) is 31.2 Å². The summed E-state index contributed by atoms with van der Waals surface area (Å²) in [6.45, 7) is 13.2. The highest BCUT2D eigenvalue weighted by Gasteiger charge is 2.41. The van der Waals surface area contributed by atoms with Crippen molar-refractivity contribution >= 4 is 34.6 Å². The largest absolute Gasteiger partial charge is 0.372 e. The zero-order valence-corrected chi connectivity index (χ0v) is 26.6. The van der Waals surface area contributed by atoms with Gasteiger partial charge in [0.05, 0.1) is 17.8 Å². The Morgan fingerprint density at radius 2 is 1.72 bits per heavy atom. The number of aryl methyl sites for hydroxylation is 2. The average molecular weight is 595 g/mol. The number of hydrogen-bond donors (Lipinski definition) is 2. The molecule has 0 unspecified atom stereocenters. The van der Waals surface area contributed by atoms with Gasteiger partial charge in [-0.25, -0.2) is 0 Å².